The second-order valence-corrected chi connectivity index (χ2v) is 4.37. The van der Waals surface area contributed by atoms with Crippen LogP contribution in [0.15, 0.2) is 30.3 Å². The summed E-state index contributed by atoms with van der Waals surface area (Å²) >= 11 is 0. The summed E-state index contributed by atoms with van der Waals surface area (Å²) in [5, 5.41) is 17.3. The number of anilines is 2. The van der Waals surface area contributed by atoms with E-state index in [0.29, 0.717) is 5.56 Å². The number of hydrogen-bond donors (Lipinski definition) is 3. The molecular weight excluding hydrogens is 260 g/mol. The number of amides is 1. The van der Waals surface area contributed by atoms with Gasteiger partial charge in [0.15, 0.2) is 5.82 Å². The summed E-state index contributed by atoms with van der Waals surface area (Å²) in [4.78, 5) is 24.6. The fourth-order valence-electron chi connectivity index (χ4n) is 1.59. The zero-order valence-electron chi connectivity index (χ0n) is 11.0. The third kappa shape index (κ3) is 2.94. The maximum absolute atomic E-state index is 11.9. The van der Waals surface area contributed by atoms with Gasteiger partial charge in [0.05, 0.1) is 0 Å². The Kier molecular flexibility index (Phi) is 3.69. The second-order valence-electron chi connectivity index (χ2n) is 4.37. The SMILES string of the molecule is CN(C)c1ccc(C(=O)Nc2cc(C(=O)O)[nH]n2)cc1. The van der Waals surface area contributed by atoms with E-state index in [2.05, 4.69) is 15.5 Å². The molecule has 0 saturated heterocycles. The zero-order valence-corrected chi connectivity index (χ0v) is 11.0. The Labute approximate surface area is 115 Å². The van der Waals surface area contributed by atoms with E-state index in [1.54, 1.807) is 12.1 Å². The largest absolute Gasteiger partial charge is 0.477 e. The highest BCUT2D eigenvalue weighted by atomic mass is 16.4. The van der Waals surface area contributed by atoms with Crippen LogP contribution in [0, 0.1) is 0 Å². The predicted molar refractivity (Wildman–Crippen MR) is 74.3 cm³/mol. The molecule has 0 aliphatic heterocycles. The van der Waals surface area contributed by atoms with Crippen molar-refractivity contribution >= 4 is 23.4 Å². The van der Waals surface area contributed by atoms with Gasteiger partial charge in [-0.2, -0.15) is 5.10 Å². The van der Waals surface area contributed by atoms with Crippen LogP contribution in [-0.2, 0) is 0 Å². The molecule has 1 aromatic heterocycles. The molecule has 7 heteroatoms. The maximum Gasteiger partial charge on any atom is 0.353 e. The first kappa shape index (κ1) is 13.6. The highest BCUT2D eigenvalue weighted by molar-refractivity contribution is 6.04. The molecule has 0 atom stereocenters. The molecule has 0 spiro atoms. The lowest BCUT2D eigenvalue weighted by molar-refractivity contribution is 0.0690. The number of nitrogens with zero attached hydrogens (tertiary/aromatic N) is 2. The molecule has 0 aliphatic rings. The number of aromatic carboxylic acids is 1. The number of carbonyl (C=O) groups is 2. The molecule has 1 aromatic carbocycles. The highest BCUT2D eigenvalue weighted by Crippen LogP contribution is 2.14. The van der Waals surface area contributed by atoms with Crippen LogP contribution in [0.25, 0.3) is 0 Å². The van der Waals surface area contributed by atoms with Gasteiger partial charge in [0, 0.05) is 31.4 Å². The van der Waals surface area contributed by atoms with E-state index in [4.69, 9.17) is 5.11 Å². The Balaban J connectivity index is 2.09. The molecule has 0 unspecified atom stereocenters. The van der Waals surface area contributed by atoms with E-state index in [0.717, 1.165) is 5.69 Å². The number of rotatable bonds is 4. The van der Waals surface area contributed by atoms with Crippen LogP contribution in [0.2, 0.25) is 0 Å². The molecule has 1 heterocycles. The molecule has 1 amide bonds. The number of benzene rings is 1. The van der Waals surface area contributed by atoms with Crippen LogP contribution >= 0.6 is 0 Å². The second kappa shape index (κ2) is 5.43. The summed E-state index contributed by atoms with van der Waals surface area (Å²) in [5.41, 5.74) is 1.37. The fourth-order valence-corrected chi connectivity index (χ4v) is 1.59. The molecule has 2 rings (SSSR count). The van der Waals surface area contributed by atoms with E-state index < -0.39 is 5.97 Å². The fraction of sp³-hybridized carbons (Fsp3) is 0.154. The van der Waals surface area contributed by atoms with Crippen LogP contribution < -0.4 is 10.2 Å². The summed E-state index contributed by atoms with van der Waals surface area (Å²) in [6, 6.07) is 8.28. The van der Waals surface area contributed by atoms with Crippen molar-refractivity contribution in [3.63, 3.8) is 0 Å². The Bertz CT molecular complexity index is 631. The third-order valence-electron chi connectivity index (χ3n) is 2.70. The van der Waals surface area contributed by atoms with Gasteiger partial charge in [0.2, 0.25) is 0 Å². The average molecular weight is 274 g/mol. The molecular formula is C13H14N4O3. The van der Waals surface area contributed by atoms with Gasteiger partial charge in [-0.15, -0.1) is 0 Å². The molecule has 0 saturated carbocycles. The van der Waals surface area contributed by atoms with Crippen molar-refractivity contribution in [2.75, 3.05) is 24.3 Å². The van der Waals surface area contributed by atoms with Crippen molar-refractivity contribution in [3.05, 3.63) is 41.6 Å². The lowest BCUT2D eigenvalue weighted by Gasteiger charge is -2.12. The Morgan fingerprint density at radius 3 is 2.40 bits per heavy atom. The molecule has 0 bridgehead atoms. The van der Waals surface area contributed by atoms with E-state index in [1.165, 1.54) is 6.07 Å². The van der Waals surface area contributed by atoms with Gasteiger partial charge in [-0.25, -0.2) is 4.79 Å². The number of carboxylic acid groups (broad SMARTS) is 1. The monoisotopic (exact) mass is 274 g/mol. The number of aromatic amines is 1. The third-order valence-corrected chi connectivity index (χ3v) is 2.70. The van der Waals surface area contributed by atoms with Gasteiger partial charge in [-0.05, 0) is 24.3 Å². The average Bonchev–Trinajstić information content (AvgIpc) is 2.87. The molecule has 0 aliphatic carbocycles. The lowest BCUT2D eigenvalue weighted by atomic mass is 10.2. The Morgan fingerprint density at radius 1 is 1.25 bits per heavy atom. The number of carboxylic acids is 1. The number of carbonyl (C=O) groups excluding carboxylic acids is 1. The van der Waals surface area contributed by atoms with Gasteiger partial charge < -0.3 is 15.3 Å². The standard InChI is InChI=1S/C13H14N4O3/c1-17(2)9-5-3-8(4-6-9)12(18)14-11-7-10(13(19)20)15-16-11/h3-7H,1-2H3,(H,19,20)(H2,14,15,16,18). The minimum atomic E-state index is -1.13. The molecule has 0 fully saturated rings. The maximum atomic E-state index is 11.9. The Morgan fingerprint density at radius 2 is 1.90 bits per heavy atom. The number of H-pyrrole nitrogens is 1. The van der Waals surface area contributed by atoms with Crippen molar-refractivity contribution in [2.45, 2.75) is 0 Å². The first-order chi connectivity index (χ1) is 9.47. The summed E-state index contributed by atoms with van der Waals surface area (Å²) in [6.07, 6.45) is 0. The molecule has 104 valence electrons. The van der Waals surface area contributed by atoms with Gasteiger partial charge in [-0.1, -0.05) is 0 Å². The summed E-state index contributed by atoms with van der Waals surface area (Å²) in [7, 11) is 3.82. The quantitative estimate of drug-likeness (QED) is 0.783. The van der Waals surface area contributed by atoms with Crippen molar-refractivity contribution in [3.8, 4) is 0 Å². The van der Waals surface area contributed by atoms with Crippen LogP contribution in [0.3, 0.4) is 0 Å². The Hall–Kier alpha value is -2.83. The van der Waals surface area contributed by atoms with Crippen LogP contribution in [0.5, 0.6) is 0 Å². The predicted octanol–water partition coefficient (Wildman–Crippen LogP) is 1.43. The van der Waals surface area contributed by atoms with E-state index in [9.17, 15) is 9.59 Å². The summed E-state index contributed by atoms with van der Waals surface area (Å²) in [6.45, 7) is 0. The molecule has 0 radical (unpaired) electrons. The first-order valence-electron chi connectivity index (χ1n) is 5.85. The molecule has 7 nitrogen and oxygen atoms in total. The first-order valence-corrected chi connectivity index (χ1v) is 5.85. The normalized spacial score (nSPS) is 10.1. The highest BCUT2D eigenvalue weighted by Gasteiger charge is 2.11. The van der Waals surface area contributed by atoms with Crippen LogP contribution in [-0.4, -0.2) is 41.3 Å². The summed E-state index contributed by atoms with van der Waals surface area (Å²) < 4.78 is 0. The van der Waals surface area contributed by atoms with Crippen LogP contribution in [0.1, 0.15) is 20.8 Å². The van der Waals surface area contributed by atoms with Gasteiger partial charge in [-0.3, -0.25) is 9.89 Å². The van der Waals surface area contributed by atoms with Gasteiger partial charge >= 0.3 is 5.97 Å². The molecule has 2 aromatic rings. The molecule has 20 heavy (non-hydrogen) atoms. The van der Waals surface area contributed by atoms with Crippen molar-refractivity contribution in [1.82, 2.24) is 10.2 Å². The number of hydrogen-bond acceptors (Lipinski definition) is 4. The lowest BCUT2D eigenvalue weighted by Crippen LogP contribution is -2.13. The number of nitrogens with one attached hydrogen (secondary N) is 2. The summed E-state index contributed by atoms with van der Waals surface area (Å²) in [5.74, 6) is -1.31. The van der Waals surface area contributed by atoms with E-state index >= 15 is 0 Å². The molecule has 3 N–H and O–H groups in total. The van der Waals surface area contributed by atoms with Crippen molar-refractivity contribution in [2.24, 2.45) is 0 Å². The zero-order chi connectivity index (χ0) is 14.7. The van der Waals surface area contributed by atoms with Crippen molar-refractivity contribution in [1.29, 1.82) is 0 Å². The van der Waals surface area contributed by atoms with Crippen molar-refractivity contribution < 1.29 is 14.7 Å². The smallest absolute Gasteiger partial charge is 0.353 e. The van der Waals surface area contributed by atoms with E-state index in [1.807, 2.05) is 31.1 Å². The minimum absolute atomic E-state index is 0.0803. The van der Waals surface area contributed by atoms with E-state index in [-0.39, 0.29) is 17.4 Å². The number of aromatic nitrogens is 2. The minimum Gasteiger partial charge on any atom is -0.477 e. The van der Waals surface area contributed by atoms with Gasteiger partial charge in [0.25, 0.3) is 5.91 Å². The van der Waals surface area contributed by atoms with Crippen LogP contribution in [0.4, 0.5) is 11.5 Å². The topological polar surface area (TPSA) is 98.3 Å². The van der Waals surface area contributed by atoms with Gasteiger partial charge in [0.1, 0.15) is 5.69 Å².